The average Bonchev–Trinajstić information content (AvgIpc) is 2.17. The molecule has 0 unspecified atom stereocenters. The van der Waals surface area contributed by atoms with Gasteiger partial charge in [0.05, 0.1) is 6.07 Å². The lowest BCUT2D eigenvalue weighted by molar-refractivity contribution is 0.0662. The molecule has 4 nitrogen and oxygen atoms in total. The first-order valence-corrected chi connectivity index (χ1v) is 3.96. The highest BCUT2D eigenvalue weighted by atomic mass is 16.4. The van der Waals surface area contributed by atoms with E-state index < -0.39 is 5.97 Å². The monoisotopic (exact) mass is 191 g/mol. The Morgan fingerprint density at radius 2 is 2.07 bits per heavy atom. The van der Waals surface area contributed by atoms with Gasteiger partial charge in [0.1, 0.15) is 11.0 Å². The Morgan fingerprint density at radius 3 is 2.79 bits per heavy atom. The number of fused-ring (bicyclic) bond motifs is 1. The van der Waals surface area contributed by atoms with Gasteiger partial charge in [-0.15, -0.1) is 0 Å². The van der Waals surface area contributed by atoms with Crippen molar-refractivity contribution in [2.45, 2.75) is 0 Å². The fraction of sp³-hybridized carbons (Fsp3) is 0. The first-order chi connectivity index (χ1) is 6.68. The summed E-state index contributed by atoms with van der Waals surface area (Å²) in [5.74, 6) is -1.48. The lowest BCUT2D eigenvalue weighted by Gasteiger charge is -1.94. The van der Waals surface area contributed by atoms with Gasteiger partial charge in [0.2, 0.25) is 5.76 Å². The number of hydrogen-bond acceptors (Lipinski definition) is 2. The highest BCUT2D eigenvalue weighted by molar-refractivity contribution is 5.87. The van der Waals surface area contributed by atoms with Gasteiger partial charge in [-0.05, 0) is 12.1 Å². The Balaban J connectivity index is 2.86. The molecule has 0 aliphatic carbocycles. The highest BCUT2D eigenvalue weighted by Gasteiger charge is 2.12. The first-order valence-electron chi connectivity index (χ1n) is 3.96. The first kappa shape index (κ1) is 8.50. The zero-order valence-corrected chi connectivity index (χ0v) is 7.10. The van der Waals surface area contributed by atoms with Crippen molar-refractivity contribution in [1.29, 1.82) is 0 Å². The predicted octanol–water partition coefficient (Wildman–Crippen LogP) is 1.14. The Labute approximate surface area is 78.4 Å². The smallest absolute Gasteiger partial charge is 0.372 e. The number of rotatable bonds is 1. The predicted molar refractivity (Wildman–Crippen MR) is 48.2 cm³/mol. The molecule has 0 bridgehead atoms. The molecule has 1 aromatic heterocycles. The summed E-state index contributed by atoms with van der Waals surface area (Å²) in [5.41, 5.74) is 0.258. The van der Waals surface area contributed by atoms with Crippen LogP contribution in [-0.4, -0.2) is 15.9 Å². The van der Waals surface area contributed by atoms with E-state index in [-0.39, 0.29) is 11.2 Å². The zero-order valence-electron chi connectivity index (χ0n) is 7.10. The van der Waals surface area contributed by atoms with Crippen LogP contribution in [0.5, 0.6) is 0 Å². The van der Waals surface area contributed by atoms with Crippen molar-refractivity contribution in [2.75, 3.05) is 0 Å². The molecule has 0 fully saturated rings. The molecule has 4 heteroatoms. The molecule has 2 aromatic rings. The third-order valence-corrected chi connectivity index (χ3v) is 1.86. The molecule has 14 heavy (non-hydrogen) atoms. The maximum Gasteiger partial charge on any atom is 0.372 e. The molecule has 1 aromatic carbocycles. The number of aromatic carboxylic acids is 1. The Kier molecular flexibility index (Phi) is 1.81. The van der Waals surface area contributed by atoms with Crippen molar-refractivity contribution in [1.82, 2.24) is 0 Å². The molecule has 0 radical (unpaired) electrons. The summed E-state index contributed by atoms with van der Waals surface area (Å²) < 4.78 is 5.04. The third kappa shape index (κ3) is 1.26. The molecule has 0 aliphatic heterocycles. The van der Waals surface area contributed by atoms with E-state index in [9.17, 15) is 9.59 Å². The van der Waals surface area contributed by atoms with E-state index in [1.54, 1.807) is 24.3 Å². The van der Waals surface area contributed by atoms with Crippen molar-refractivity contribution in [2.24, 2.45) is 0 Å². The van der Waals surface area contributed by atoms with Crippen LogP contribution in [0.2, 0.25) is 0 Å². The largest absolute Gasteiger partial charge is 0.475 e. The van der Waals surface area contributed by atoms with Gasteiger partial charge in [0.25, 0.3) is 0 Å². The molecular formula is C10H7O4+. The van der Waals surface area contributed by atoms with Crippen LogP contribution in [0.25, 0.3) is 11.0 Å². The molecule has 0 saturated carbocycles. The fourth-order valence-electron chi connectivity index (χ4n) is 1.22. The zero-order chi connectivity index (χ0) is 10.1. The molecule has 2 rings (SSSR count). The molecule has 1 heterocycles. The number of benzene rings is 1. The minimum Gasteiger partial charge on any atom is -0.475 e. The lowest BCUT2D eigenvalue weighted by Crippen LogP contribution is -2.07. The summed E-state index contributed by atoms with van der Waals surface area (Å²) in [5, 5.41) is 9.16. The van der Waals surface area contributed by atoms with E-state index in [1.807, 2.05) is 0 Å². The van der Waals surface area contributed by atoms with Crippen LogP contribution < -0.4 is 5.43 Å². The van der Waals surface area contributed by atoms with Gasteiger partial charge < -0.3 is 9.52 Å². The Morgan fingerprint density at radius 1 is 1.36 bits per heavy atom. The quantitative estimate of drug-likeness (QED) is 0.687. The molecule has 0 saturated heterocycles. The third-order valence-electron chi connectivity index (χ3n) is 1.86. The highest BCUT2D eigenvalue weighted by Crippen LogP contribution is 2.10. The molecule has 0 atom stereocenters. The van der Waals surface area contributed by atoms with Crippen LogP contribution in [0.3, 0.4) is 0 Å². The molecule has 2 N–H and O–H groups in total. The topological polar surface area (TPSA) is 71.8 Å². The van der Waals surface area contributed by atoms with E-state index in [2.05, 4.69) is 0 Å². The van der Waals surface area contributed by atoms with Gasteiger partial charge >= 0.3 is 11.4 Å². The number of hydrogen-bond donors (Lipinski definition) is 1. The minimum absolute atomic E-state index is 0.0933. The van der Waals surface area contributed by atoms with Crippen molar-refractivity contribution in [3.05, 3.63) is 41.5 Å². The van der Waals surface area contributed by atoms with E-state index in [0.29, 0.717) is 11.0 Å². The Hall–Kier alpha value is -2.10. The summed E-state index contributed by atoms with van der Waals surface area (Å²) in [7, 11) is 0. The van der Waals surface area contributed by atoms with Gasteiger partial charge in [-0.3, -0.25) is 4.79 Å². The Bertz CT molecular complexity index is 553. The van der Waals surface area contributed by atoms with Gasteiger partial charge in [-0.1, -0.05) is 12.1 Å². The summed E-state index contributed by atoms with van der Waals surface area (Å²) in [6.45, 7) is 0. The molecule has 0 aliphatic rings. The van der Waals surface area contributed by atoms with Crippen LogP contribution in [0, 0.1) is 0 Å². The number of carboxylic acids is 1. The van der Waals surface area contributed by atoms with Crippen molar-refractivity contribution >= 4 is 16.9 Å². The van der Waals surface area contributed by atoms with E-state index in [4.69, 9.17) is 9.52 Å². The van der Waals surface area contributed by atoms with Gasteiger partial charge in [-0.25, -0.2) is 4.79 Å². The van der Waals surface area contributed by atoms with Crippen molar-refractivity contribution < 1.29 is 19.1 Å². The average molecular weight is 191 g/mol. The van der Waals surface area contributed by atoms with Crippen molar-refractivity contribution in [3.63, 3.8) is 0 Å². The summed E-state index contributed by atoms with van der Waals surface area (Å²) in [6.07, 6.45) is 0. The summed E-state index contributed by atoms with van der Waals surface area (Å²) >= 11 is 0. The second kappa shape index (κ2) is 2.99. The normalized spacial score (nSPS) is 10.3. The van der Waals surface area contributed by atoms with Crippen LogP contribution >= 0.6 is 0 Å². The van der Waals surface area contributed by atoms with Gasteiger partial charge in [0.15, 0.2) is 0 Å². The molecule has 70 valence electrons. The van der Waals surface area contributed by atoms with Crippen molar-refractivity contribution in [3.8, 4) is 0 Å². The van der Waals surface area contributed by atoms with E-state index in [1.165, 1.54) is 0 Å². The van der Waals surface area contributed by atoms with E-state index >= 15 is 0 Å². The van der Waals surface area contributed by atoms with Crippen LogP contribution in [0.1, 0.15) is 10.6 Å². The van der Waals surface area contributed by atoms with Crippen LogP contribution in [0.15, 0.2) is 34.7 Å². The minimum atomic E-state index is -1.20. The molecule has 0 amide bonds. The van der Waals surface area contributed by atoms with Crippen LogP contribution in [0.4, 0.5) is 0 Å². The maximum atomic E-state index is 10.6. The van der Waals surface area contributed by atoms with Crippen LogP contribution in [-0.2, 0) is 0 Å². The van der Waals surface area contributed by atoms with E-state index in [0.717, 1.165) is 6.07 Å². The maximum absolute atomic E-state index is 10.6. The number of para-hydroxylation sites is 1. The number of carboxylic acid groups (broad SMARTS) is 1. The fourth-order valence-corrected chi connectivity index (χ4v) is 1.22. The molecule has 0 spiro atoms. The van der Waals surface area contributed by atoms with Gasteiger partial charge in [0, 0.05) is 0 Å². The number of carbonyl (C=O) groups is 1. The van der Waals surface area contributed by atoms with Gasteiger partial charge in [-0.2, -0.15) is 0 Å². The lowest BCUT2D eigenvalue weighted by atomic mass is 10.2. The standard InChI is InChI=1S/C10H6O4/c11-7-5-9(10(12)13)14-8-4-2-1-3-6(7)8/h1-5H,(H,12,13)/p+1. The summed E-state index contributed by atoms with van der Waals surface area (Å²) in [4.78, 5) is 20.1. The second-order valence-corrected chi connectivity index (χ2v) is 2.80. The summed E-state index contributed by atoms with van der Waals surface area (Å²) in [6, 6.07) is 7.78. The molecular weight excluding hydrogens is 184 g/mol. The second-order valence-electron chi connectivity index (χ2n) is 2.80. The SMILES string of the molecule is O=C(O)c1cc(=[OH+])c2ccccc2o1.